The molecule has 0 amide bonds. The lowest BCUT2D eigenvalue weighted by molar-refractivity contribution is 0.606. The van der Waals surface area contributed by atoms with E-state index in [0.29, 0.717) is 0 Å². The molecular weight excluding hydrogens is 489 g/mol. The minimum Gasteiger partial charge on any atom is -0.306 e. The zero-order chi connectivity index (χ0) is 14.7. The van der Waals surface area contributed by atoms with Gasteiger partial charge in [0, 0.05) is 13.8 Å². The third-order valence-electron chi connectivity index (χ3n) is 2.82. The number of hydrogen-bond donors (Lipinski definition) is 1. The summed E-state index contributed by atoms with van der Waals surface area (Å²) >= 11 is 18.5. The summed E-state index contributed by atoms with van der Waals surface area (Å²) in [5, 5.41) is 4.32. The summed E-state index contributed by atoms with van der Waals surface area (Å²) in [6.07, 6.45) is 1.09. The first-order valence-electron chi connectivity index (χ1n) is 6.16. The van der Waals surface area contributed by atoms with Crippen molar-refractivity contribution in [3.8, 4) is 0 Å². The van der Waals surface area contributed by atoms with Gasteiger partial charge in [-0.15, -0.1) is 11.3 Å². The maximum Gasteiger partial charge on any atom is 0.0843 e. The molecule has 0 saturated heterocycles. The Bertz CT molecular complexity index is 581. The third kappa shape index (κ3) is 4.08. The second kappa shape index (κ2) is 7.75. The summed E-state index contributed by atoms with van der Waals surface area (Å²) in [6.45, 7) is 3.13. The molecule has 0 fully saturated rings. The fourth-order valence-corrected chi connectivity index (χ4v) is 4.50. The Balaban J connectivity index is 2.38. The number of rotatable bonds is 5. The molecule has 20 heavy (non-hydrogen) atoms. The van der Waals surface area contributed by atoms with E-state index < -0.39 is 0 Å². The number of hydrogen-bond acceptors (Lipinski definition) is 2. The molecule has 0 radical (unpaired) electrons. The molecular formula is C14H13Br3ClNS. The number of halogens is 4. The molecule has 0 aliphatic carbocycles. The normalized spacial score (nSPS) is 12.7. The molecule has 1 N–H and O–H groups in total. The van der Waals surface area contributed by atoms with E-state index in [9.17, 15) is 0 Å². The first kappa shape index (κ1) is 17.0. The van der Waals surface area contributed by atoms with Crippen LogP contribution in [0.5, 0.6) is 0 Å². The van der Waals surface area contributed by atoms with Crippen LogP contribution >= 0.6 is 70.7 Å². The van der Waals surface area contributed by atoms with Crippen LogP contribution in [0, 0.1) is 0 Å². The van der Waals surface area contributed by atoms with E-state index in [0.717, 1.165) is 30.7 Å². The Morgan fingerprint density at radius 1 is 1.20 bits per heavy atom. The van der Waals surface area contributed by atoms with Crippen LogP contribution < -0.4 is 5.32 Å². The lowest BCUT2D eigenvalue weighted by Gasteiger charge is -2.18. The second-order valence-corrected chi connectivity index (χ2v) is 8.85. The van der Waals surface area contributed by atoms with E-state index >= 15 is 0 Å². The van der Waals surface area contributed by atoms with E-state index in [1.807, 2.05) is 12.1 Å². The molecule has 1 nitrogen and oxygen atoms in total. The predicted molar refractivity (Wildman–Crippen MR) is 99.0 cm³/mol. The van der Waals surface area contributed by atoms with E-state index in [4.69, 9.17) is 11.6 Å². The fourth-order valence-electron chi connectivity index (χ4n) is 1.87. The van der Waals surface area contributed by atoms with Crippen LogP contribution in [0.15, 0.2) is 37.0 Å². The van der Waals surface area contributed by atoms with Gasteiger partial charge in [0.15, 0.2) is 0 Å². The van der Waals surface area contributed by atoms with Gasteiger partial charge in [-0.3, -0.25) is 0 Å². The van der Waals surface area contributed by atoms with Gasteiger partial charge in [-0.2, -0.15) is 0 Å². The Morgan fingerprint density at radius 3 is 2.50 bits per heavy atom. The van der Waals surface area contributed by atoms with E-state index in [2.05, 4.69) is 72.2 Å². The van der Waals surface area contributed by atoms with Crippen LogP contribution in [0.4, 0.5) is 0 Å². The number of benzene rings is 1. The van der Waals surface area contributed by atoms with Crippen LogP contribution in [0.2, 0.25) is 5.02 Å². The van der Waals surface area contributed by atoms with Crippen molar-refractivity contribution in [2.24, 2.45) is 0 Å². The maximum atomic E-state index is 6.23. The van der Waals surface area contributed by atoms with Crippen molar-refractivity contribution in [3.05, 3.63) is 52.5 Å². The van der Waals surface area contributed by atoms with Crippen molar-refractivity contribution in [3.63, 3.8) is 0 Å². The zero-order valence-electron chi connectivity index (χ0n) is 10.7. The molecule has 108 valence electrons. The highest BCUT2D eigenvalue weighted by Gasteiger charge is 2.18. The summed E-state index contributed by atoms with van der Waals surface area (Å²) in [5.41, 5.74) is 1.17. The Labute approximate surface area is 153 Å². The predicted octanol–water partition coefficient (Wildman–Crippen LogP) is 6.78. The molecule has 6 heteroatoms. The van der Waals surface area contributed by atoms with E-state index in [-0.39, 0.29) is 6.04 Å². The molecule has 1 atom stereocenters. The highest BCUT2D eigenvalue weighted by atomic mass is 79.9. The van der Waals surface area contributed by atoms with Gasteiger partial charge in [-0.25, -0.2) is 0 Å². The van der Waals surface area contributed by atoms with Crippen LogP contribution in [-0.2, 0) is 0 Å². The van der Waals surface area contributed by atoms with Gasteiger partial charge in [-0.05, 0) is 84.5 Å². The summed E-state index contributed by atoms with van der Waals surface area (Å²) in [6, 6.07) is 8.42. The molecule has 2 aromatic rings. The molecule has 1 aromatic carbocycles. The summed E-state index contributed by atoms with van der Waals surface area (Å²) in [4.78, 5) is 1.26. The minimum absolute atomic E-state index is 0.160. The number of thiophene rings is 1. The molecule has 2 rings (SSSR count). The van der Waals surface area contributed by atoms with Crippen molar-refractivity contribution in [1.29, 1.82) is 0 Å². The van der Waals surface area contributed by atoms with Gasteiger partial charge in [-0.1, -0.05) is 24.6 Å². The van der Waals surface area contributed by atoms with Gasteiger partial charge >= 0.3 is 0 Å². The fraction of sp³-hybridized carbons (Fsp3) is 0.286. The van der Waals surface area contributed by atoms with Gasteiger partial charge in [0.25, 0.3) is 0 Å². The third-order valence-corrected chi connectivity index (χ3v) is 7.38. The molecule has 0 saturated carbocycles. The van der Waals surface area contributed by atoms with Crippen LogP contribution in [0.3, 0.4) is 0 Å². The lowest BCUT2D eigenvalue weighted by atomic mass is 10.1. The van der Waals surface area contributed by atoms with E-state index in [1.54, 1.807) is 11.3 Å². The first-order chi connectivity index (χ1) is 9.52. The average Bonchev–Trinajstić information content (AvgIpc) is 2.74. The van der Waals surface area contributed by atoms with Gasteiger partial charge in [0.05, 0.1) is 14.9 Å². The Kier molecular flexibility index (Phi) is 6.57. The SMILES string of the molecule is CCCNC(c1ccc(Br)c(Cl)c1)c1cc(Br)c(Br)s1. The maximum absolute atomic E-state index is 6.23. The largest absolute Gasteiger partial charge is 0.306 e. The molecule has 0 bridgehead atoms. The van der Waals surface area contributed by atoms with Gasteiger partial charge in [0.2, 0.25) is 0 Å². The van der Waals surface area contributed by atoms with Crippen molar-refractivity contribution in [2.75, 3.05) is 6.54 Å². The Hall–Kier alpha value is 0.610. The first-order valence-corrected chi connectivity index (χ1v) is 9.73. The smallest absolute Gasteiger partial charge is 0.0843 e. The second-order valence-electron chi connectivity index (χ2n) is 4.33. The van der Waals surface area contributed by atoms with E-state index in [1.165, 1.54) is 10.4 Å². The number of nitrogens with one attached hydrogen (secondary N) is 1. The van der Waals surface area contributed by atoms with Gasteiger partial charge in [0.1, 0.15) is 0 Å². The van der Waals surface area contributed by atoms with Crippen molar-refractivity contribution in [2.45, 2.75) is 19.4 Å². The van der Waals surface area contributed by atoms with Crippen molar-refractivity contribution < 1.29 is 0 Å². The highest BCUT2D eigenvalue weighted by molar-refractivity contribution is 9.13. The zero-order valence-corrected chi connectivity index (χ0v) is 17.1. The average molecular weight is 502 g/mol. The lowest BCUT2D eigenvalue weighted by Crippen LogP contribution is -2.22. The molecule has 0 spiro atoms. The van der Waals surface area contributed by atoms with Crippen LogP contribution in [-0.4, -0.2) is 6.54 Å². The monoisotopic (exact) mass is 499 g/mol. The standard InChI is InChI=1S/C14H13Br3ClNS/c1-2-5-19-13(12-7-10(16)14(17)20-12)8-3-4-9(15)11(18)6-8/h3-4,6-7,13,19H,2,5H2,1H3. The van der Waals surface area contributed by atoms with Crippen LogP contribution in [0.1, 0.15) is 29.8 Å². The molecule has 0 aliphatic heterocycles. The summed E-state index contributed by atoms with van der Waals surface area (Å²) in [5.74, 6) is 0. The molecule has 1 heterocycles. The molecule has 0 aliphatic rings. The molecule has 1 aromatic heterocycles. The molecule has 1 unspecified atom stereocenters. The highest BCUT2D eigenvalue weighted by Crippen LogP contribution is 2.38. The van der Waals surface area contributed by atoms with Crippen molar-refractivity contribution >= 4 is 70.7 Å². The Morgan fingerprint density at radius 2 is 1.95 bits per heavy atom. The van der Waals surface area contributed by atoms with Gasteiger partial charge < -0.3 is 5.32 Å². The van der Waals surface area contributed by atoms with Crippen molar-refractivity contribution in [1.82, 2.24) is 5.32 Å². The summed E-state index contributed by atoms with van der Waals surface area (Å²) in [7, 11) is 0. The summed E-state index contributed by atoms with van der Waals surface area (Å²) < 4.78 is 3.12. The quantitative estimate of drug-likeness (QED) is 0.476. The van der Waals surface area contributed by atoms with Crippen LogP contribution in [0.25, 0.3) is 0 Å². The minimum atomic E-state index is 0.160. The topological polar surface area (TPSA) is 12.0 Å².